The van der Waals surface area contributed by atoms with E-state index in [-0.39, 0.29) is 11.3 Å². The van der Waals surface area contributed by atoms with E-state index in [0.29, 0.717) is 24.6 Å². The van der Waals surface area contributed by atoms with Gasteiger partial charge in [-0.2, -0.15) is 0 Å². The first-order valence-corrected chi connectivity index (χ1v) is 12.1. The van der Waals surface area contributed by atoms with Gasteiger partial charge in [0.05, 0.1) is 0 Å². The Morgan fingerprint density at radius 1 is 1.26 bits per heavy atom. The third-order valence-corrected chi connectivity index (χ3v) is 6.24. The van der Waals surface area contributed by atoms with E-state index >= 15 is 0 Å². The van der Waals surface area contributed by atoms with Gasteiger partial charge in [-0.1, -0.05) is 39.5 Å². The minimum atomic E-state index is -0.0257. The molecule has 6 heteroatoms. The van der Waals surface area contributed by atoms with Crippen molar-refractivity contribution in [3.05, 3.63) is 65.9 Å². The van der Waals surface area contributed by atoms with Gasteiger partial charge < -0.3 is 15.5 Å². The summed E-state index contributed by atoms with van der Waals surface area (Å²) in [6.07, 6.45) is 8.84. The summed E-state index contributed by atoms with van der Waals surface area (Å²) >= 11 is 0. The average molecular weight is 462 g/mol. The standard InChI is InChI=1S/C28H39N5O/c1-20-16-23(13-14-26(29-5)32-19-28(2,3)4)30-18-25(20)21-9-11-22(12-10-21)27(34)31-17-24-8-7-15-33(24)6/h9-14,18,24H,1,7-8,15-17,19H2,2-6H3,(H,29,32)(H,31,34)/b14-13-. The molecule has 1 aromatic rings. The maximum atomic E-state index is 12.5. The zero-order valence-corrected chi connectivity index (χ0v) is 21.3. The van der Waals surface area contributed by atoms with Crippen molar-refractivity contribution in [1.82, 2.24) is 15.5 Å². The van der Waals surface area contributed by atoms with Crippen molar-refractivity contribution in [3.63, 3.8) is 0 Å². The van der Waals surface area contributed by atoms with Gasteiger partial charge in [0.15, 0.2) is 0 Å². The summed E-state index contributed by atoms with van der Waals surface area (Å²) in [5.41, 5.74) is 4.83. The lowest BCUT2D eigenvalue weighted by Crippen LogP contribution is -2.38. The van der Waals surface area contributed by atoms with Gasteiger partial charge in [0.1, 0.15) is 5.84 Å². The summed E-state index contributed by atoms with van der Waals surface area (Å²) in [6.45, 7) is 13.5. The van der Waals surface area contributed by atoms with Crippen LogP contribution >= 0.6 is 0 Å². The van der Waals surface area contributed by atoms with Crippen LogP contribution in [0.2, 0.25) is 0 Å². The van der Waals surface area contributed by atoms with E-state index in [1.165, 1.54) is 6.42 Å². The molecule has 1 amide bonds. The summed E-state index contributed by atoms with van der Waals surface area (Å²) in [5.74, 6) is 0.814. The van der Waals surface area contributed by atoms with Crippen LogP contribution in [0.1, 0.15) is 56.0 Å². The van der Waals surface area contributed by atoms with Gasteiger partial charge in [-0.25, -0.2) is 0 Å². The zero-order valence-electron chi connectivity index (χ0n) is 21.3. The minimum absolute atomic E-state index is 0.0257. The second kappa shape index (κ2) is 11.4. The van der Waals surface area contributed by atoms with Crippen LogP contribution in [0.4, 0.5) is 0 Å². The molecule has 0 aliphatic carbocycles. The number of carbonyl (C=O) groups is 1. The van der Waals surface area contributed by atoms with E-state index in [0.717, 1.165) is 47.8 Å². The third-order valence-electron chi connectivity index (χ3n) is 6.24. The highest BCUT2D eigenvalue weighted by molar-refractivity contribution is 6.06. The number of hydrogen-bond donors (Lipinski definition) is 2. The van der Waals surface area contributed by atoms with Gasteiger partial charge in [0.2, 0.25) is 0 Å². The van der Waals surface area contributed by atoms with E-state index in [1.807, 2.05) is 42.6 Å². The maximum Gasteiger partial charge on any atom is 0.251 e. The Morgan fingerprint density at radius 3 is 2.59 bits per heavy atom. The minimum Gasteiger partial charge on any atom is -0.370 e. The molecule has 2 aliphatic heterocycles. The molecule has 2 aliphatic rings. The Kier molecular flexibility index (Phi) is 8.61. The van der Waals surface area contributed by atoms with E-state index in [9.17, 15) is 4.79 Å². The molecule has 1 aromatic carbocycles. The molecule has 1 saturated heterocycles. The van der Waals surface area contributed by atoms with Crippen LogP contribution < -0.4 is 10.6 Å². The first-order valence-electron chi connectivity index (χ1n) is 12.1. The molecule has 6 nitrogen and oxygen atoms in total. The second-order valence-corrected chi connectivity index (χ2v) is 10.4. The zero-order chi connectivity index (χ0) is 24.7. The van der Waals surface area contributed by atoms with Gasteiger partial charge in [0.25, 0.3) is 5.91 Å². The van der Waals surface area contributed by atoms with Crippen molar-refractivity contribution in [2.75, 3.05) is 33.7 Å². The summed E-state index contributed by atoms with van der Waals surface area (Å²) in [5, 5.41) is 6.44. The van der Waals surface area contributed by atoms with Gasteiger partial charge >= 0.3 is 0 Å². The number of nitrogens with one attached hydrogen (secondary N) is 2. The number of nitrogens with zero attached hydrogens (tertiary/aromatic N) is 3. The van der Waals surface area contributed by atoms with Gasteiger partial charge in [0, 0.05) is 55.6 Å². The smallest absolute Gasteiger partial charge is 0.251 e. The number of rotatable bonds is 7. The van der Waals surface area contributed by atoms with Crippen molar-refractivity contribution in [3.8, 4) is 0 Å². The number of hydrogen-bond acceptors (Lipinski definition) is 4. The number of carbonyl (C=O) groups excluding carboxylic acids is 1. The molecule has 1 atom stereocenters. The lowest BCUT2D eigenvalue weighted by Gasteiger charge is -2.20. The van der Waals surface area contributed by atoms with Gasteiger partial charge in [-0.05, 0) is 67.3 Å². The van der Waals surface area contributed by atoms with Gasteiger partial charge in [-0.15, -0.1) is 0 Å². The molecule has 0 spiro atoms. The molecule has 0 aromatic heterocycles. The number of likely N-dealkylation sites (N-methyl/N-ethyl adjacent to an activating group) is 1. The number of aliphatic imine (C=N–C) groups is 2. The lowest BCUT2D eigenvalue weighted by atomic mass is 9.93. The Bertz CT molecular complexity index is 1010. The van der Waals surface area contributed by atoms with Crippen LogP contribution in [0.5, 0.6) is 0 Å². The quantitative estimate of drug-likeness (QED) is 0.465. The first-order chi connectivity index (χ1) is 16.2. The van der Waals surface area contributed by atoms with Crippen molar-refractivity contribution in [2.24, 2.45) is 15.4 Å². The fourth-order valence-corrected chi connectivity index (χ4v) is 4.07. The third kappa shape index (κ3) is 7.26. The molecule has 182 valence electrons. The van der Waals surface area contributed by atoms with Crippen LogP contribution in [0, 0.1) is 5.41 Å². The topological polar surface area (TPSA) is 69.1 Å². The van der Waals surface area contributed by atoms with Crippen LogP contribution in [-0.4, -0.2) is 62.1 Å². The number of amides is 1. The van der Waals surface area contributed by atoms with Crippen molar-refractivity contribution < 1.29 is 4.79 Å². The van der Waals surface area contributed by atoms with Crippen LogP contribution in [0.25, 0.3) is 5.57 Å². The van der Waals surface area contributed by atoms with Crippen molar-refractivity contribution in [1.29, 1.82) is 0 Å². The predicted molar refractivity (Wildman–Crippen MR) is 144 cm³/mol. The first kappa shape index (κ1) is 25.6. The molecular weight excluding hydrogens is 422 g/mol. The lowest BCUT2D eigenvalue weighted by molar-refractivity contribution is 0.0943. The molecule has 2 heterocycles. The second-order valence-electron chi connectivity index (χ2n) is 10.4. The molecule has 3 rings (SSSR count). The summed E-state index contributed by atoms with van der Waals surface area (Å²) in [6, 6.07) is 8.14. The monoisotopic (exact) mass is 461 g/mol. The Labute approximate surface area is 204 Å². The predicted octanol–water partition coefficient (Wildman–Crippen LogP) is 4.47. The van der Waals surface area contributed by atoms with Crippen LogP contribution in [-0.2, 0) is 0 Å². The fourth-order valence-electron chi connectivity index (χ4n) is 4.07. The average Bonchev–Trinajstić information content (AvgIpc) is 3.21. The largest absolute Gasteiger partial charge is 0.370 e. The van der Waals surface area contributed by atoms with E-state index in [1.54, 1.807) is 7.05 Å². The van der Waals surface area contributed by atoms with Crippen molar-refractivity contribution >= 4 is 23.0 Å². The molecule has 0 bridgehead atoms. The van der Waals surface area contributed by atoms with E-state index in [4.69, 9.17) is 0 Å². The molecule has 2 N–H and O–H groups in total. The summed E-state index contributed by atoms with van der Waals surface area (Å²) < 4.78 is 0. The summed E-state index contributed by atoms with van der Waals surface area (Å²) in [4.78, 5) is 23.8. The fraction of sp³-hybridized carbons (Fsp3) is 0.464. The molecule has 0 radical (unpaired) electrons. The maximum absolute atomic E-state index is 12.5. The van der Waals surface area contributed by atoms with E-state index < -0.39 is 0 Å². The normalized spacial score (nSPS) is 19.9. The number of amidine groups is 1. The van der Waals surface area contributed by atoms with Crippen molar-refractivity contribution in [2.45, 2.75) is 46.1 Å². The molecule has 1 unspecified atom stereocenters. The van der Waals surface area contributed by atoms with Crippen LogP contribution in [0.3, 0.4) is 0 Å². The molecule has 1 fully saturated rings. The summed E-state index contributed by atoms with van der Waals surface area (Å²) in [7, 11) is 3.90. The van der Waals surface area contributed by atoms with Gasteiger partial charge in [-0.3, -0.25) is 14.8 Å². The number of likely N-dealkylation sites (tertiary alicyclic amines) is 1. The Balaban J connectivity index is 1.60. The molecule has 0 saturated carbocycles. The molecular formula is C28H39N5O. The van der Waals surface area contributed by atoms with E-state index in [2.05, 4.69) is 59.9 Å². The number of allylic oxidation sites excluding steroid dienone is 3. The highest BCUT2D eigenvalue weighted by Gasteiger charge is 2.21. The Morgan fingerprint density at radius 2 is 2.00 bits per heavy atom. The molecule has 34 heavy (non-hydrogen) atoms. The highest BCUT2D eigenvalue weighted by Crippen LogP contribution is 2.28. The Hall–Kier alpha value is -2.99. The SMILES string of the molecule is C=C1CC(/C=C\C(=NC)NCC(C)(C)C)=NC=C1c1ccc(C(=O)NCC2CCCN2C)cc1. The number of benzene rings is 1. The van der Waals surface area contributed by atoms with Crippen LogP contribution in [0.15, 0.2) is 64.8 Å². The highest BCUT2D eigenvalue weighted by atomic mass is 16.1.